The fourth-order valence-electron chi connectivity index (χ4n) is 2.51. The van der Waals surface area contributed by atoms with E-state index in [4.69, 9.17) is 19.9 Å². The molecule has 0 aliphatic rings. The Morgan fingerprint density at radius 1 is 0.833 bits per heavy atom. The van der Waals surface area contributed by atoms with E-state index >= 15 is 0 Å². The number of ether oxygens (including phenoxy) is 3. The van der Waals surface area contributed by atoms with Gasteiger partial charge >= 0.3 is 0 Å². The van der Waals surface area contributed by atoms with Crippen molar-refractivity contribution in [2.45, 2.75) is 34.2 Å². The summed E-state index contributed by atoms with van der Waals surface area (Å²) in [6.45, 7) is 10.2. The Labute approximate surface area is 144 Å². The first-order valence-corrected chi connectivity index (χ1v) is 8.35. The minimum atomic E-state index is 0.453. The van der Waals surface area contributed by atoms with Crippen molar-refractivity contribution < 1.29 is 14.2 Å². The lowest BCUT2D eigenvalue weighted by Gasteiger charge is -2.16. The van der Waals surface area contributed by atoms with Crippen LogP contribution in [0.3, 0.4) is 0 Å². The van der Waals surface area contributed by atoms with E-state index in [1.54, 1.807) is 0 Å². The summed E-state index contributed by atoms with van der Waals surface area (Å²) in [5.74, 6) is 2.39. The van der Waals surface area contributed by atoms with Crippen molar-refractivity contribution in [1.29, 1.82) is 0 Å². The van der Waals surface area contributed by atoms with Crippen LogP contribution in [0, 0.1) is 20.8 Å². The van der Waals surface area contributed by atoms with E-state index < -0.39 is 0 Å². The Balaban J connectivity index is 1.96. The van der Waals surface area contributed by atoms with Crippen LogP contribution in [0.1, 0.15) is 29.2 Å². The highest BCUT2D eigenvalue weighted by Crippen LogP contribution is 2.29. The first kappa shape index (κ1) is 18.1. The van der Waals surface area contributed by atoms with Gasteiger partial charge in [-0.2, -0.15) is 0 Å². The van der Waals surface area contributed by atoms with Crippen molar-refractivity contribution in [2.24, 2.45) is 5.73 Å². The van der Waals surface area contributed by atoms with Crippen molar-refractivity contribution in [3.63, 3.8) is 0 Å². The summed E-state index contributed by atoms with van der Waals surface area (Å²) in [6.07, 6.45) is 0. The van der Waals surface area contributed by atoms with Crippen molar-refractivity contribution in [1.82, 2.24) is 0 Å². The topological polar surface area (TPSA) is 53.7 Å². The Morgan fingerprint density at radius 3 is 2.25 bits per heavy atom. The second-order valence-electron chi connectivity index (χ2n) is 5.77. The average molecular weight is 329 g/mol. The summed E-state index contributed by atoms with van der Waals surface area (Å²) in [5.41, 5.74) is 10.2. The Hall–Kier alpha value is -2.20. The highest BCUT2D eigenvalue weighted by Gasteiger charge is 2.08. The minimum absolute atomic E-state index is 0.453. The Morgan fingerprint density at radius 2 is 1.54 bits per heavy atom. The molecule has 2 aromatic rings. The molecule has 0 aliphatic heterocycles. The molecule has 2 rings (SSSR count). The van der Waals surface area contributed by atoms with Crippen LogP contribution >= 0.6 is 0 Å². The lowest BCUT2D eigenvalue weighted by atomic mass is 10.1. The lowest BCUT2D eigenvalue weighted by molar-refractivity contribution is 0.207. The van der Waals surface area contributed by atoms with E-state index in [0.29, 0.717) is 26.4 Å². The van der Waals surface area contributed by atoms with Crippen LogP contribution in [0.2, 0.25) is 0 Å². The molecule has 2 N–H and O–H groups in total. The summed E-state index contributed by atoms with van der Waals surface area (Å²) >= 11 is 0. The molecule has 0 spiro atoms. The van der Waals surface area contributed by atoms with Crippen molar-refractivity contribution >= 4 is 0 Å². The van der Waals surface area contributed by atoms with Crippen LogP contribution in [0.5, 0.6) is 17.2 Å². The van der Waals surface area contributed by atoms with Gasteiger partial charge in [-0.1, -0.05) is 18.2 Å². The van der Waals surface area contributed by atoms with Gasteiger partial charge in [-0.15, -0.1) is 0 Å². The van der Waals surface area contributed by atoms with E-state index in [2.05, 4.69) is 32.9 Å². The van der Waals surface area contributed by atoms with Gasteiger partial charge < -0.3 is 19.9 Å². The van der Waals surface area contributed by atoms with E-state index in [-0.39, 0.29) is 0 Å². The summed E-state index contributed by atoms with van der Waals surface area (Å²) in [6, 6.07) is 9.97. The molecule has 0 unspecified atom stereocenters. The molecule has 0 atom stereocenters. The zero-order chi connectivity index (χ0) is 17.5. The first-order valence-electron chi connectivity index (χ1n) is 8.35. The molecule has 4 heteroatoms. The summed E-state index contributed by atoms with van der Waals surface area (Å²) < 4.78 is 17.4. The molecule has 24 heavy (non-hydrogen) atoms. The number of benzene rings is 2. The maximum Gasteiger partial charge on any atom is 0.161 e. The predicted octanol–water partition coefficient (Wildman–Crippen LogP) is 3.93. The van der Waals surface area contributed by atoms with Gasteiger partial charge in [-0.3, -0.25) is 0 Å². The minimum Gasteiger partial charge on any atom is -0.490 e. The third-order valence-corrected chi connectivity index (χ3v) is 4.00. The number of nitrogens with two attached hydrogens (primary N) is 1. The van der Waals surface area contributed by atoms with Crippen molar-refractivity contribution in [3.8, 4) is 17.2 Å². The lowest BCUT2D eigenvalue weighted by Crippen LogP contribution is -2.11. The van der Waals surface area contributed by atoms with Gasteiger partial charge in [0.05, 0.1) is 6.61 Å². The molecular weight excluding hydrogens is 302 g/mol. The molecule has 0 heterocycles. The molecular formula is C20H27NO3. The molecule has 0 saturated carbocycles. The van der Waals surface area contributed by atoms with Crippen molar-refractivity contribution in [3.05, 3.63) is 52.6 Å². The Kier molecular flexibility index (Phi) is 6.50. The summed E-state index contributed by atoms with van der Waals surface area (Å²) in [7, 11) is 0. The normalized spacial score (nSPS) is 10.5. The fourth-order valence-corrected chi connectivity index (χ4v) is 2.51. The average Bonchev–Trinajstić information content (AvgIpc) is 2.59. The first-order chi connectivity index (χ1) is 11.6. The SMILES string of the molecule is CCOc1cc(CN)ccc1OCCOc1c(C)ccc(C)c1C. The molecule has 2 aromatic carbocycles. The second-order valence-corrected chi connectivity index (χ2v) is 5.77. The molecule has 0 saturated heterocycles. The van der Waals surface area contributed by atoms with Crippen LogP contribution in [-0.4, -0.2) is 19.8 Å². The van der Waals surface area contributed by atoms with Crippen LogP contribution in [0.25, 0.3) is 0 Å². The van der Waals surface area contributed by atoms with Gasteiger partial charge in [-0.05, 0) is 62.1 Å². The van der Waals surface area contributed by atoms with E-state index in [1.807, 2.05) is 25.1 Å². The van der Waals surface area contributed by atoms with E-state index in [9.17, 15) is 0 Å². The van der Waals surface area contributed by atoms with Crippen LogP contribution < -0.4 is 19.9 Å². The molecule has 130 valence electrons. The number of hydrogen-bond acceptors (Lipinski definition) is 4. The van der Waals surface area contributed by atoms with Gasteiger partial charge in [0, 0.05) is 6.54 Å². The predicted molar refractivity (Wildman–Crippen MR) is 97.1 cm³/mol. The van der Waals surface area contributed by atoms with Gasteiger partial charge in [0.15, 0.2) is 11.5 Å². The highest BCUT2D eigenvalue weighted by molar-refractivity contribution is 5.45. The summed E-state index contributed by atoms with van der Waals surface area (Å²) in [5, 5.41) is 0. The third-order valence-electron chi connectivity index (χ3n) is 4.00. The number of aryl methyl sites for hydroxylation is 2. The molecule has 0 aromatic heterocycles. The van der Waals surface area contributed by atoms with Crippen LogP contribution in [0.15, 0.2) is 30.3 Å². The van der Waals surface area contributed by atoms with Gasteiger partial charge in [-0.25, -0.2) is 0 Å². The largest absolute Gasteiger partial charge is 0.490 e. The quantitative estimate of drug-likeness (QED) is 0.746. The highest BCUT2D eigenvalue weighted by atomic mass is 16.5. The molecule has 0 aliphatic carbocycles. The molecule has 4 nitrogen and oxygen atoms in total. The van der Waals surface area contributed by atoms with Crippen LogP contribution in [-0.2, 0) is 6.54 Å². The Bertz CT molecular complexity index is 683. The van der Waals surface area contributed by atoms with E-state index in [1.165, 1.54) is 11.1 Å². The van der Waals surface area contributed by atoms with Crippen molar-refractivity contribution in [2.75, 3.05) is 19.8 Å². The standard InChI is InChI=1S/C20H27NO3/c1-5-22-19-12-17(13-21)8-9-18(19)23-10-11-24-20-15(3)7-6-14(2)16(20)4/h6-9,12H,5,10-11,13,21H2,1-4H3. The third kappa shape index (κ3) is 4.42. The number of rotatable bonds is 8. The monoisotopic (exact) mass is 329 g/mol. The van der Waals surface area contributed by atoms with Gasteiger partial charge in [0.2, 0.25) is 0 Å². The van der Waals surface area contributed by atoms with Gasteiger partial charge in [0.1, 0.15) is 19.0 Å². The molecule has 0 amide bonds. The van der Waals surface area contributed by atoms with Crippen LogP contribution in [0.4, 0.5) is 0 Å². The summed E-state index contributed by atoms with van der Waals surface area (Å²) in [4.78, 5) is 0. The molecule has 0 fully saturated rings. The zero-order valence-electron chi connectivity index (χ0n) is 15.0. The second kappa shape index (κ2) is 8.60. The maximum absolute atomic E-state index is 5.93. The molecule has 0 radical (unpaired) electrons. The number of hydrogen-bond donors (Lipinski definition) is 1. The van der Waals surface area contributed by atoms with E-state index in [0.717, 1.165) is 28.4 Å². The zero-order valence-corrected chi connectivity index (χ0v) is 15.0. The fraction of sp³-hybridized carbons (Fsp3) is 0.400. The molecule has 0 bridgehead atoms. The maximum atomic E-state index is 5.93. The smallest absolute Gasteiger partial charge is 0.161 e. The van der Waals surface area contributed by atoms with Gasteiger partial charge in [0.25, 0.3) is 0 Å².